The molecule has 2 atom stereocenters. The summed E-state index contributed by atoms with van der Waals surface area (Å²) in [5.41, 5.74) is 5.70. The summed E-state index contributed by atoms with van der Waals surface area (Å²) < 4.78 is 37.4. The fraction of sp³-hybridized carbons (Fsp3) is 0.846. The number of alkyl halides is 3. The lowest BCUT2D eigenvalue weighted by molar-refractivity contribution is -0.0961. The fourth-order valence-electron chi connectivity index (χ4n) is 2.93. The predicted molar refractivity (Wildman–Crippen MR) is 65.1 cm³/mol. The maximum atomic E-state index is 12.5. The average molecular weight is 262 g/mol. The summed E-state index contributed by atoms with van der Waals surface area (Å²) in [7, 11) is 0. The van der Waals surface area contributed by atoms with Gasteiger partial charge in [-0.25, -0.2) is 0 Å². The van der Waals surface area contributed by atoms with E-state index in [4.69, 9.17) is 5.73 Å². The number of hydrogen-bond donors (Lipinski definition) is 1. The molecular formula is C13H21F3N2. The van der Waals surface area contributed by atoms with Gasteiger partial charge in [0.05, 0.1) is 0 Å². The molecule has 0 radical (unpaired) electrons. The first-order chi connectivity index (χ1) is 8.47. The topological polar surface area (TPSA) is 29.3 Å². The first kappa shape index (κ1) is 13.9. The molecule has 0 saturated heterocycles. The van der Waals surface area contributed by atoms with Crippen molar-refractivity contribution in [1.82, 2.24) is 4.90 Å². The Morgan fingerprint density at radius 2 is 2.00 bits per heavy atom. The summed E-state index contributed by atoms with van der Waals surface area (Å²) in [6, 6.07) is 0.228. The molecule has 0 aromatic heterocycles. The van der Waals surface area contributed by atoms with E-state index in [1.807, 2.05) is 0 Å². The van der Waals surface area contributed by atoms with Crippen LogP contribution in [-0.2, 0) is 0 Å². The lowest BCUT2D eigenvalue weighted by Crippen LogP contribution is -2.43. The van der Waals surface area contributed by atoms with Crippen molar-refractivity contribution in [3.05, 3.63) is 11.6 Å². The Morgan fingerprint density at radius 1 is 1.28 bits per heavy atom. The second-order valence-corrected chi connectivity index (χ2v) is 5.45. The smallest absolute Gasteiger partial charge is 0.327 e. The van der Waals surface area contributed by atoms with Crippen LogP contribution in [0.3, 0.4) is 0 Å². The van der Waals surface area contributed by atoms with Crippen LogP contribution >= 0.6 is 0 Å². The van der Waals surface area contributed by atoms with Gasteiger partial charge in [0.25, 0.3) is 0 Å². The van der Waals surface area contributed by atoms with E-state index >= 15 is 0 Å². The molecular weight excluding hydrogens is 241 g/mol. The maximum absolute atomic E-state index is 12.5. The fourth-order valence-corrected chi connectivity index (χ4v) is 2.93. The van der Waals surface area contributed by atoms with Crippen molar-refractivity contribution in [3.8, 4) is 0 Å². The molecule has 0 amide bonds. The molecule has 104 valence electrons. The van der Waals surface area contributed by atoms with Crippen molar-refractivity contribution in [1.29, 1.82) is 0 Å². The van der Waals surface area contributed by atoms with Crippen molar-refractivity contribution < 1.29 is 13.2 Å². The van der Waals surface area contributed by atoms with Crippen LogP contribution < -0.4 is 5.73 Å². The molecule has 0 aromatic rings. The molecule has 18 heavy (non-hydrogen) atoms. The summed E-state index contributed by atoms with van der Waals surface area (Å²) in [6.45, 7) is 1.77. The standard InChI is InChI=1S/C13H21F3N2/c14-13(15,16)11-5-7-18(8-6-11)9-10-3-1-2-4-12(10)17/h5,10,12H,1-4,6-9,17H2. The molecule has 0 aromatic carbocycles. The monoisotopic (exact) mass is 262 g/mol. The van der Waals surface area contributed by atoms with Gasteiger partial charge in [-0.05, 0) is 25.2 Å². The van der Waals surface area contributed by atoms with Gasteiger partial charge in [0, 0.05) is 31.2 Å². The molecule has 2 N–H and O–H groups in total. The number of hydrogen-bond acceptors (Lipinski definition) is 2. The minimum atomic E-state index is -4.15. The highest BCUT2D eigenvalue weighted by atomic mass is 19.4. The van der Waals surface area contributed by atoms with Crippen LogP contribution in [-0.4, -0.2) is 36.8 Å². The van der Waals surface area contributed by atoms with Gasteiger partial charge >= 0.3 is 6.18 Å². The van der Waals surface area contributed by atoms with Gasteiger partial charge < -0.3 is 5.73 Å². The van der Waals surface area contributed by atoms with Gasteiger partial charge in [-0.1, -0.05) is 18.9 Å². The second kappa shape index (κ2) is 5.61. The van der Waals surface area contributed by atoms with Gasteiger partial charge in [0.15, 0.2) is 0 Å². The zero-order valence-electron chi connectivity index (χ0n) is 10.5. The van der Waals surface area contributed by atoms with Gasteiger partial charge in [-0.15, -0.1) is 0 Å². The third-order valence-corrected chi connectivity index (χ3v) is 4.12. The van der Waals surface area contributed by atoms with E-state index < -0.39 is 6.18 Å². The number of halogens is 3. The van der Waals surface area contributed by atoms with E-state index in [9.17, 15) is 13.2 Å². The van der Waals surface area contributed by atoms with Crippen LogP contribution in [0, 0.1) is 5.92 Å². The SMILES string of the molecule is NC1CCCCC1CN1CC=C(C(F)(F)F)CC1. The zero-order chi connectivity index (χ0) is 13.2. The molecule has 0 bridgehead atoms. The van der Waals surface area contributed by atoms with Gasteiger partial charge in [-0.3, -0.25) is 4.90 Å². The lowest BCUT2D eigenvalue weighted by Gasteiger charge is -2.35. The van der Waals surface area contributed by atoms with Crippen LogP contribution in [0.5, 0.6) is 0 Å². The maximum Gasteiger partial charge on any atom is 0.412 e. The van der Waals surface area contributed by atoms with E-state index in [-0.39, 0.29) is 18.0 Å². The minimum Gasteiger partial charge on any atom is -0.327 e. The minimum absolute atomic E-state index is 0.117. The third-order valence-electron chi connectivity index (χ3n) is 4.12. The van der Waals surface area contributed by atoms with Gasteiger partial charge in [0.1, 0.15) is 0 Å². The van der Waals surface area contributed by atoms with E-state index in [1.54, 1.807) is 0 Å². The molecule has 1 heterocycles. The molecule has 1 saturated carbocycles. The van der Waals surface area contributed by atoms with Crippen LogP contribution in [0.1, 0.15) is 32.1 Å². The number of nitrogens with zero attached hydrogens (tertiary/aromatic N) is 1. The van der Waals surface area contributed by atoms with Crippen molar-refractivity contribution in [2.45, 2.75) is 44.3 Å². The summed E-state index contributed by atoms with van der Waals surface area (Å²) in [5, 5.41) is 0. The second-order valence-electron chi connectivity index (χ2n) is 5.45. The largest absolute Gasteiger partial charge is 0.412 e. The highest BCUT2D eigenvalue weighted by Gasteiger charge is 2.35. The highest BCUT2D eigenvalue weighted by molar-refractivity contribution is 5.13. The van der Waals surface area contributed by atoms with Crippen molar-refractivity contribution in [3.63, 3.8) is 0 Å². The average Bonchev–Trinajstić information content (AvgIpc) is 2.32. The summed E-state index contributed by atoms with van der Waals surface area (Å²) in [4.78, 5) is 2.10. The molecule has 2 aliphatic rings. The molecule has 1 aliphatic heterocycles. The summed E-state index contributed by atoms with van der Waals surface area (Å²) >= 11 is 0. The predicted octanol–water partition coefficient (Wildman–Crippen LogP) is 2.70. The first-order valence-electron chi connectivity index (χ1n) is 6.71. The molecule has 0 spiro atoms. The van der Waals surface area contributed by atoms with Crippen LogP contribution in [0.25, 0.3) is 0 Å². The Balaban J connectivity index is 1.84. The van der Waals surface area contributed by atoms with Gasteiger partial charge in [-0.2, -0.15) is 13.2 Å². The van der Waals surface area contributed by atoms with Crippen LogP contribution in [0.15, 0.2) is 11.6 Å². The van der Waals surface area contributed by atoms with E-state index in [1.165, 1.54) is 18.9 Å². The van der Waals surface area contributed by atoms with E-state index in [0.717, 1.165) is 19.4 Å². The van der Waals surface area contributed by atoms with E-state index in [0.29, 0.717) is 19.0 Å². The molecule has 1 aliphatic carbocycles. The Morgan fingerprint density at radius 3 is 2.56 bits per heavy atom. The summed E-state index contributed by atoms with van der Waals surface area (Å²) in [6.07, 6.45) is 1.87. The Bertz CT molecular complexity index is 312. The third kappa shape index (κ3) is 3.48. The van der Waals surface area contributed by atoms with Crippen LogP contribution in [0.4, 0.5) is 13.2 Å². The first-order valence-corrected chi connectivity index (χ1v) is 6.71. The Kier molecular flexibility index (Phi) is 4.33. The van der Waals surface area contributed by atoms with Crippen molar-refractivity contribution >= 4 is 0 Å². The van der Waals surface area contributed by atoms with Gasteiger partial charge in [0.2, 0.25) is 0 Å². The van der Waals surface area contributed by atoms with Crippen molar-refractivity contribution in [2.24, 2.45) is 11.7 Å². The number of nitrogens with two attached hydrogens (primary N) is 1. The van der Waals surface area contributed by atoms with Crippen molar-refractivity contribution in [2.75, 3.05) is 19.6 Å². The molecule has 1 fully saturated rings. The lowest BCUT2D eigenvalue weighted by atomic mass is 9.84. The highest BCUT2D eigenvalue weighted by Crippen LogP contribution is 2.31. The number of rotatable bonds is 2. The molecule has 2 nitrogen and oxygen atoms in total. The summed E-state index contributed by atoms with van der Waals surface area (Å²) in [5.74, 6) is 0.458. The Hall–Kier alpha value is -0.550. The zero-order valence-corrected chi connectivity index (χ0v) is 10.5. The molecule has 2 rings (SSSR count). The van der Waals surface area contributed by atoms with Crippen LogP contribution in [0.2, 0.25) is 0 Å². The quantitative estimate of drug-likeness (QED) is 0.775. The normalized spacial score (nSPS) is 31.2. The molecule has 5 heteroatoms. The molecule has 2 unspecified atom stereocenters. The van der Waals surface area contributed by atoms with E-state index in [2.05, 4.69) is 4.90 Å². The Labute approximate surface area is 106 Å².